The fourth-order valence-corrected chi connectivity index (χ4v) is 3.98. The molecule has 0 saturated heterocycles. The third kappa shape index (κ3) is 23.8. The molecule has 0 aromatic rings. The van der Waals surface area contributed by atoms with E-state index in [0.29, 0.717) is 0 Å². The summed E-state index contributed by atoms with van der Waals surface area (Å²) in [6.07, 6.45) is 26.8. The molecule has 0 aliphatic carbocycles. The second-order valence-corrected chi connectivity index (χ2v) is 9.52. The summed E-state index contributed by atoms with van der Waals surface area (Å²) < 4.78 is 35.2. The van der Waals surface area contributed by atoms with Gasteiger partial charge in [-0.15, -0.1) is 0 Å². The van der Waals surface area contributed by atoms with Gasteiger partial charge in [0.1, 0.15) is 0 Å². The first-order valence-corrected chi connectivity index (χ1v) is 13.6. The first-order valence-electron chi connectivity index (χ1n) is 12.3. The number of rotatable bonds is 22. The van der Waals surface area contributed by atoms with Gasteiger partial charge in [0.2, 0.25) is 0 Å². The Hall–Kier alpha value is -0.390. The topological polar surface area (TPSA) is 63.6 Å². The summed E-state index contributed by atoms with van der Waals surface area (Å²) in [6, 6.07) is 0. The molecular formula is C24H48O4S. The highest BCUT2D eigenvalue weighted by Crippen LogP contribution is 2.16. The summed E-state index contributed by atoms with van der Waals surface area (Å²) in [5, 5.41) is 0. The lowest BCUT2D eigenvalue weighted by atomic mass is 9.99. The zero-order valence-electron chi connectivity index (χ0n) is 19.2. The van der Waals surface area contributed by atoms with Gasteiger partial charge < -0.3 is 0 Å². The van der Waals surface area contributed by atoms with Crippen molar-refractivity contribution in [3.63, 3.8) is 0 Å². The fraction of sp³-hybridized carbons (Fsp3) is 0.917. The molecule has 0 fully saturated rings. The second-order valence-electron chi connectivity index (χ2n) is 8.43. The van der Waals surface area contributed by atoms with E-state index >= 15 is 0 Å². The summed E-state index contributed by atoms with van der Waals surface area (Å²) >= 11 is 0. The van der Waals surface area contributed by atoms with Gasteiger partial charge in [-0.3, -0.25) is 4.55 Å². The van der Waals surface area contributed by atoms with Gasteiger partial charge >= 0.3 is 10.4 Å². The molecule has 0 saturated carbocycles. The molecule has 0 bridgehead atoms. The van der Waals surface area contributed by atoms with Gasteiger partial charge in [0.25, 0.3) is 0 Å². The van der Waals surface area contributed by atoms with Gasteiger partial charge in [0.15, 0.2) is 0 Å². The molecule has 1 atom stereocenters. The highest BCUT2D eigenvalue weighted by molar-refractivity contribution is 7.80. The minimum Gasteiger partial charge on any atom is -0.264 e. The van der Waals surface area contributed by atoms with E-state index in [0.717, 1.165) is 19.3 Å². The maximum Gasteiger partial charge on any atom is 0.397 e. The molecular weight excluding hydrogens is 384 g/mol. The molecule has 1 N–H and O–H groups in total. The van der Waals surface area contributed by atoms with Crippen molar-refractivity contribution in [3.8, 4) is 0 Å². The largest absolute Gasteiger partial charge is 0.397 e. The van der Waals surface area contributed by atoms with Crippen molar-refractivity contribution in [2.24, 2.45) is 5.92 Å². The van der Waals surface area contributed by atoms with E-state index in [1.807, 2.05) is 0 Å². The summed E-state index contributed by atoms with van der Waals surface area (Å²) in [5.41, 5.74) is 0. The molecule has 1 unspecified atom stereocenters. The average molecular weight is 433 g/mol. The molecule has 0 amide bonds. The molecule has 0 aliphatic heterocycles. The van der Waals surface area contributed by atoms with Crippen LogP contribution in [0.15, 0.2) is 12.2 Å². The standard InChI is InChI=1S/C24H48O4S/c1-3-5-7-9-11-12-13-14-15-16-18-20-22-24(23-28-29(25,26)27)21-19-17-10-8-6-4-2/h20,22,24H,3-19,21,23H2,1-2H3,(H,25,26,27)/b22-20+. The normalized spacial score (nSPS) is 13.3. The lowest BCUT2D eigenvalue weighted by molar-refractivity contribution is 0.234. The predicted octanol–water partition coefficient (Wildman–Crippen LogP) is 8.04. The Labute approximate surface area is 181 Å². The van der Waals surface area contributed by atoms with E-state index < -0.39 is 10.4 Å². The van der Waals surface area contributed by atoms with Crippen LogP contribution >= 0.6 is 0 Å². The third-order valence-corrected chi connectivity index (χ3v) is 5.93. The van der Waals surface area contributed by atoms with E-state index in [4.69, 9.17) is 4.55 Å². The van der Waals surface area contributed by atoms with Crippen LogP contribution in [0.25, 0.3) is 0 Å². The van der Waals surface area contributed by atoms with Crippen LogP contribution in [-0.4, -0.2) is 19.6 Å². The summed E-state index contributed by atoms with van der Waals surface area (Å²) in [5.74, 6) is 0.0613. The Bertz CT molecular complexity index is 460. The van der Waals surface area contributed by atoms with Crippen LogP contribution in [0.2, 0.25) is 0 Å². The van der Waals surface area contributed by atoms with E-state index in [2.05, 4.69) is 30.2 Å². The first-order chi connectivity index (χ1) is 14.0. The van der Waals surface area contributed by atoms with Gasteiger partial charge in [0, 0.05) is 5.92 Å². The maximum absolute atomic E-state index is 10.9. The van der Waals surface area contributed by atoms with Crippen molar-refractivity contribution in [2.75, 3.05) is 6.61 Å². The molecule has 0 aromatic carbocycles. The first kappa shape index (κ1) is 28.6. The zero-order chi connectivity index (χ0) is 21.6. The Morgan fingerprint density at radius 1 is 0.724 bits per heavy atom. The van der Waals surface area contributed by atoms with Crippen LogP contribution in [0, 0.1) is 5.92 Å². The van der Waals surface area contributed by atoms with Gasteiger partial charge in [-0.25, -0.2) is 4.18 Å². The highest BCUT2D eigenvalue weighted by Gasteiger charge is 2.11. The van der Waals surface area contributed by atoms with Crippen LogP contribution in [0.4, 0.5) is 0 Å². The maximum atomic E-state index is 10.9. The molecule has 0 spiro atoms. The minimum absolute atomic E-state index is 0.0440. The Morgan fingerprint density at radius 2 is 1.17 bits per heavy atom. The van der Waals surface area contributed by atoms with E-state index in [1.165, 1.54) is 96.3 Å². The van der Waals surface area contributed by atoms with Crippen LogP contribution in [0.3, 0.4) is 0 Å². The van der Waals surface area contributed by atoms with E-state index in [1.54, 1.807) is 0 Å². The smallest absolute Gasteiger partial charge is 0.264 e. The van der Waals surface area contributed by atoms with Crippen molar-refractivity contribution >= 4 is 10.4 Å². The van der Waals surface area contributed by atoms with Crippen molar-refractivity contribution in [1.29, 1.82) is 0 Å². The van der Waals surface area contributed by atoms with E-state index in [9.17, 15) is 8.42 Å². The highest BCUT2D eigenvalue weighted by atomic mass is 32.3. The predicted molar refractivity (Wildman–Crippen MR) is 125 cm³/mol. The number of unbranched alkanes of at least 4 members (excludes halogenated alkanes) is 15. The lowest BCUT2D eigenvalue weighted by Crippen LogP contribution is -2.12. The molecule has 4 nitrogen and oxygen atoms in total. The summed E-state index contributed by atoms with van der Waals surface area (Å²) in [4.78, 5) is 0. The van der Waals surface area contributed by atoms with Crippen molar-refractivity contribution in [3.05, 3.63) is 12.2 Å². The molecule has 174 valence electrons. The van der Waals surface area contributed by atoms with Crippen molar-refractivity contribution in [2.45, 2.75) is 129 Å². The number of hydrogen-bond acceptors (Lipinski definition) is 3. The second kappa shape index (κ2) is 20.9. The van der Waals surface area contributed by atoms with Gasteiger partial charge in [-0.1, -0.05) is 122 Å². The molecule has 29 heavy (non-hydrogen) atoms. The Morgan fingerprint density at radius 3 is 1.66 bits per heavy atom. The van der Waals surface area contributed by atoms with Gasteiger partial charge in [-0.05, 0) is 19.3 Å². The minimum atomic E-state index is -4.35. The summed E-state index contributed by atoms with van der Waals surface area (Å²) in [6.45, 7) is 4.51. The quantitative estimate of drug-likeness (QED) is 0.107. The molecule has 0 radical (unpaired) electrons. The Kier molecular flexibility index (Phi) is 20.6. The van der Waals surface area contributed by atoms with Crippen LogP contribution in [0.1, 0.15) is 129 Å². The number of hydrogen-bond donors (Lipinski definition) is 1. The van der Waals surface area contributed by atoms with Crippen LogP contribution in [-0.2, 0) is 14.6 Å². The van der Waals surface area contributed by atoms with Gasteiger partial charge in [-0.2, -0.15) is 8.42 Å². The number of allylic oxidation sites excluding steroid dienone is 1. The average Bonchev–Trinajstić information content (AvgIpc) is 2.68. The van der Waals surface area contributed by atoms with Crippen LogP contribution < -0.4 is 0 Å². The third-order valence-electron chi connectivity index (χ3n) is 5.49. The molecule has 0 aliphatic rings. The molecule has 0 aromatic heterocycles. The van der Waals surface area contributed by atoms with Gasteiger partial charge in [0.05, 0.1) is 6.61 Å². The molecule has 0 heterocycles. The summed E-state index contributed by atoms with van der Waals surface area (Å²) in [7, 11) is -4.35. The van der Waals surface area contributed by atoms with Crippen molar-refractivity contribution in [1.82, 2.24) is 0 Å². The molecule has 5 heteroatoms. The van der Waals surface area contributed by atoms with Crippen molar-refractivity contribution < 1.29 is 17.2 Å². The van der Waals surface area contributed by atoms with E-state index in [-0.39, 0.29) is 12.5 Å². The zero-order valence-corrected chi connectivity index (χ0v) is 20.1. The Balaban J connectivity index is 3.86. The lowest BCUT2D eigenvalue weighted by Gasteiger charge is -2.12. The SMILES string of the molecule is CCCCCCCCCCCC/C=C/C(CCCCCCCC)COS(=O)(=O)O. The van der Waals surface area contributed by atoms with Crippen LogP contribution in [0.5, 0.6) is 0 Å². The fourth-order valence-electron chi connectivity index (χ4n) is 3.63. The monoisotopic (exact) mass is 432 g/mol. The molecule has 0 rings (SSSR count).